The van der Waals surface area contributed by atoms with E-state index in [0.717, 1.165) is 22.7 Å². The van der Waals surface area contributed by atoms with Crippen molar-refractivity contribution in [2.45, 2.75) is 6.92 Å². The second-order valence-electron chi connectivity index (χ2n) is 5.35. The minimum Gasteiger partial charge on any atom is -0.454 e. The third kappa shape index (κ3) is 2.61. The summed E-state index contributed by atoms with van der Waals surface area (Å²) in [7, 11) is 1.74. The van der Waals surface area contributed by atoms with Crippen molar-refractivity contribution in [1.82, 2.24) is 14.8 Å². The summed E-state index contributed by atoms with van der Waals surface area (Å²) in [5, 5.41) is 9.40. The monoisotopic (exact) mass is 342 g/mol. The first kappa shape index (κ1) is 14.7. The molecule has 4 rings (SSSR count). The van der Waals surface area contributed by atoms with E-state index in [1.54, 1.807) is 17.8 Å². The number of aromatic nitrogens is 3. The zero-order valence-electron chi connectivity index (χ0n) is 13.1. The molecule has 0 atom stereocenters. The van der Waals surface area contributed by atoms with Crippen LogP contribution in [0.5, 0.6) is 11.5 Å². The smallest absolute Gasteiger partial charge is 0.275 e. The predicted octanol–water partition coefficient (Wildman–Crippen LogP) is 2.83. The van der Waals surface area contributed by atoms with E-state index in [4.69, 9.17) is 9.47 Å². The average molecular weight is 342 g/mol. The Morgan fingerprint density at radius 2 is 2.12 bits per heavy atom. The summed E-state index contributed by atoms with van der Waals surface area (Å²) >= 11 is 1.37. The second-order valence-corrected chi connectivity index (χ2v) is 6.21. The first-order valence-corrected chi connectivity index (χ1v) is 8.15. The van der Waals surface area contributed by atoms with Gasteiger partial charge in [0.05, 0.1) is 11.4 Å². The maximum Gasteiger partial charge on any atom is 0.275 e. The van der Waals surface area contributed by atoms with E-state index < -0.39 is 0 Å². The lowest BCUT2D eigenvalue weighted by Gasteiger charge is -2.02. The highest BCUT2D eigenvalue weighted by Crippen LogP contribution is 2.36. The van der Waals surface area contributed by atoms with Gasteiger partial charge < -0.3 is 9.47 Å². The third-order valence-corrected chi connectivity index (χ3v) is 4.39. The Morgan fingerprint density at radius 3 is 2.92 bits per heavy atom. The van der Waals surface area contributed by atoms with E-state index in [9.17, 15) is 4.79 Å². The number of aryl methyl sites for hydroxylation is 2. The summed E-state index contributed by atoms with van der Waals surface area (Å²) in [5.41, 5.74) is 2.97. The van der Waals surface area contributed by atoms with Crippen LogP contribution in [0.25, 0.3) is 11.3 Å². The summed E-state index contributed by atoms with van der Waals surface area (Å²) in [5.74, 6) is 1.20. The van der Waals surface area contributed by atoms with E-state index in [1.807, 2.05) is 30.5 Å². The van der Waals surface area contributed by atoms with Crippen LogP contribution in [0, 0.1) is 6.92 Å². The quantitative estimate of drug-likeness (QED) is 0.792. The van der Waals surface area contributed by atoms with Crippen molar-refractivity contribution >= 4 is 22.4 Å². The number of thiazole rings is 1. The molecule has 0 aliphatic carbocycles. The Bertz CT molecular complexity index is 931. The molecule has 0 unspecified atom stereocenters. The molecule has 3 heterocycles. The molecular formula is C16H14N4O3S. The average Bonchev–Trinajstić information content (AvgIpc) is 3.26. The van der Waals surface area contributed by atoms with Gasteiger partial charge in [-0.1, -0.05) is 0 Å². The van der Waals surface area contributed by atoms with Crippen LogP contribution in [0.3, 0.4) is 0 Å². The fraction of sp³-hybridized carbons (Fsp3) is 0.188. The summed E-state index contributed by atoms with van der Waals surface area (Å²) in [6.07, 6.45) is 0. The van der Waals surface area contributed by atoms with Gasteiger partial charge in [-0.15, -0.1) is 11.3 Å². The van der Waals surface area contributed by atoms with Crippen LogP contribution >= 0.6 is 11.3 Å². The van der Waals surface area contributed by atoms with E-state index in [-0.39, 0.29) is 12.7 Å². The summed E-state index contributed by atoms with van der Waals surface area (Å²) < 4.78 is 12.2. The van der Waals surface area contributed by atoms with Crippen molar-refractivity contribution in [2.24, 2.45) is 7.05 Å². The van der Waals surface area contributed by atoms with Crippen molar-refractivity contribution in [3.63, 3.8) is 0 Å². The molecule has 0 saturated heterocycles. The molecule has 1 amide bonds. The lowest BCUT2D eigenvalue weighted by molar-refractivity contribution is 0.101. The fourth-order valence-corrected chi connectivity index (χ4v) is 3.22. The lowest BCUT2D eigenvalue weighted by Crippen LogP contribution is -2.15. The van der Waals surface area contributed by atoms with Gasteiger partial charge in [0, 0.05) is 18.0 Å². The number of hydrogen-bond donors (Lipinski definition) is 1. The number of carbonyl (C=O) groups is 1. The van der Waals surface area contributed by atoms with Gasteiger partial charge in [0.2, 0.25) is 6.79 Å². The van der Waals surface area contributed by atoms with E-state index in [1.165, 1.54) is 11.3 Å². The predicted molar refractivity (Wildman–Crippen MR) is 89.6 cm³/mol. The number of benzene rings is 1. The summed E-state index contributed by atoms with van der Waals surface area (Å²) in [6.45, 7) is 2.08. The molecular weight excluding hydrogens is 328 g/mol. The number of amides is 1. The minimum atomic E-state index is -0.232. The Kier molecular flexibility index (Phi) is 3.46. The van der Waals surface area contributed by atoms with Crippen molar-refractivity contribution in [3.8, 4) is 22.8 Å². The fourth-order valence-electron chi connectivity index (χ4n) is 2.50. The Hall–Kier alpha value is -2.87. The molecule has 1 N–H and O–H groups in total. The third-order valence-electron chi connectivity index (χ3n) is 3.63. The molecule has 7 nitrogen and oxygen atoms in total. The molecule has 0 fully saturated rings. The number of anilines is 1. The van der Waals surface area contributed by atoms with Gasteiger partial charge in [-0.2, -0.15) is 5.10 Å². The number of rotatable bonds is 3. The van der Waals surface area contributed by atoms with Crippen LogP contribution in [0.4, 0.5) is 5.13 Å². The maximum absolute atomic E-state index is 12.3. The molecule has 0 saturated carbocycles. The SMILES string of the molecule is Cc1cc(C(=O)Nc2nc(-c3ccc4c(c3)OCO4)cs2)n(C)n1. The zero-order chi connectivity index (χ0) is 16.7. The van der Waals surface area contributed by atoms with Gasteiger partial charge in [0.15, 0.2) is 16.6 Å². The summed E-state index contributed by atoms with van der Waals surface area (Å²) in [6, 6.07) is 7.39. The van der Waals surface area contributed by atoms with Crippen LogP contribution < -0.4 is 14.8 Å². The topological polar surface area (TPSA) is 78.3 Å². The number of nitrogens with one attached hydrogen (secondary N) is 1. The number of hydrogen-bond acceptors (Lipinski definition) is 6. The van der Waals surface area contributed by atoms with Gasteiger partial charge in [0.25, 0.3) is 5.91 Å². The van der Waals surface area contributed by atoms with Crippen molar-refractivity contribution < 1.29 is 14.3 Å². The highest BCUT2D eigenvalue weighted by molar-refractivity contribution is 7.14. The number of fused-ring (bicyclic) bond motifs is 1. The van der Waals surface area contributed by atoms with E-state index in [0.29, 0.717) is 16.6 Å². The maximum atomic E-state index is 12.3. The molecule has 2 aromatic heterocycles. The Labute approximate surface area is 141 Å². The molecule has 8 heteroatoms. The second kappa shape index (κ2) is 5.64. The minimum absolute atomic E-state index is 0.232. The Balaban J connectivity index is 1.55. The molecule has 24 heavy (non-hydrogen) atoms. The molecule has 1 aromatic carbocycles. The molecule has 1 aliphatic rings. The van der Waals surface area contributed by atoms with Gasteiger partial charge in [-0.05, 0) is 31.2 Å². The van der Waals surface area contributed by atoms with Gasteiger partial charge in [0.1, 0.15) is 5.69 Å². The van der Waals surface area contributed by atoms with Gasteiger partial charge in [-0.25, -0.2) is 4.98 Å². The molecule has 0 bridgehead atoms. The van der Waals surface area contributed by atoms with Crippen molar-refractivity contribution in [3.05, 3.63) is 41.0 Å². The van der Waals surface area contributed by atoms with Crippen LogP contribution in [0.1, 0.15) is 16.2 Å². The van der Waals surface area contributed by atoms with Crippen LogP contribution in [-0.2, 0) is 7.05 Å². The standard InChI is InChI=1S/C16H14N4O3S/c1-9-5-12(20(2)19-9)15(21)18-16-17-11(7-24-16)10-3-4-13-14(6-10)23-8-22-13/h3-7H,8H2,1-2H3,(H,17,18,21). The van der Waals surface area contributed by atoms with Crippen LogP contribution in [0.2, 0.25) is 0 Å². The highest BCUT2D eigenvalue weighted by atomic mass is 32.1. The number of nitrogens with zero attached hydrogens (tertiary/aromatic N) is 3. The largest absolute Gasteiger partial charge is 0.454 e. The van der Waals surface area contributed by atoms with Crippen LogP contribution in [-0.4, -0.2) is 27.5 Å². The number of carbonyl (C=O) groups excluding carboxylic acids is 1. The molecule has 3 aromatic rings. The molecule has 122 valence electrons. The lowest BCUT2D eigenvalue weighted by atomic mass is 10.1. The normalized spacial score (nSPS) is 12.4. The molecule has 1 aliphatic heterocycles. The van der Waals surface area contributed by atoms with Crippen molar-refractivity contribution in [1.29, 1.82) is 0 Å². The van der Waals surface area contributed by atoms with Gasteiger partial charge >= 0.3 is 0 Å². The first-order valence-electron chi connectivity index (χ1n) is 7.28. The van der Waals surface area contributed by atoms with E-state index >= 15 is 0 Å². The molecule has 0 spiro atoms. The number of ether oxygens (including phenoxy) is 2. The van der Waals surface area contributed by atoms with Crippen LogP contribution in [0.15, 0.2) is 29.6 Å². The highest BCUT2D eigenvalue weighted by Gasteiger charge is 2.17. The summed E-state index contributed by atoms with van der Waals surface area (Å²) in [4.78, 5) is 16.8. The Morgan fingerprint density at radius 1 is 1.29 bits per heavy atom. The first-order chi connectivity index (χ1) is 11.6. The van der Waals surface area contributed by atoms with Gasteiger partial charge in [-0.3, -0.25) is 14.8 Å². The van der Waals surface area contributed by atoms with E-state index in [2.05, 4.69) is 15.4 Å². The van der Waals surface area contributed by atoms with Crippen molar-refractivity contribution in [2.75, 3.05) is 12.1 Å². The zero-order valence-corrected chi connectivity index (χ0v) is 13.9. The molecule has 0 radical (unpaired) electrons.